The zero-order chi connectivity index (χ0) is 14.7. The molecule has 2 fully saturated rings. The second-order valence-electron chi connectivity index (χ2n) is 6.22. The van der Waals surface area contributed by atoms with Gasteiger partial charge in [0.15, 0.2) is 0 Å². The van der Waals surface area contributed by atoms with Gasteiger partial charge in [0.1, 0.15) is 0 Å². The van der Waals surface area contributed by atoms with E-state index in [9.17, 15) is 0 Å². The maximum atomic E-state index is 6.18. The van der Waals surface area contributed by atoms with E-state index in [0.29, 0.717) is 12.0 Å². The van der Waals surface area contributed by atoms with Crippen molar-refractivity contribution in [3.63, 3.8) is 0 Å². The topological polar surface area (TPSA) is 30.5 Å². The van der Waals surface area contributed by atoms with E-state index in [1.807, 2.05) is 0 Å². The first-order chi connectivity index (χ1) is 10.2. The molecule has 2 saturated heterocycles. The predicted octanol–water partition coefficient (Wildman–Crippen LogP) is 3.53. The molecule has 0 radical (unpaired) electrons. The molecule has 2 aliphatic rings. The van der Waals surface area contributed by atoms with Crippen molar-refractivity contribution in [1.29, 1.82) is 0 Å². The molecule has 0 amide bonds. The van der Waals surface area contributed by atoms with Crippen LogP contribution in [0.2, 0.25) is 0 Å². The molecule has 4 heteroatoms. The highest BCUT2D eigenvalue weighted by molar-refractivity contribution is 14.1. The summed E-state index contributed by atoms with van der Waals surface area (Å²) in [6, 6.07) is 9.28. The van der Waals surface area contributed by atoms with Gasteiger partial charge in [-0.3, -0.25) is 0 Å². The molecule has 3 rings (SSSR count). The first-order valence-corrected chi connectivity index (χ1v) is 8.95. The molecule has 2 atom stereocenters. The van der Waals surface area contributed by atoms with Crippen LogP contribution in [-0.2, 0) is 9.47 Å². The Morgan fingerprint density at radius 3 is 2.81 bits per heavy atom. The number of benzene rings is 1. The minimum absolute atomic E-state index is 0.0677. The fourth-order valence-corrected chi connectivity index (χ4v) is 4.38. The second kappa shape index (κ2) is 6.94. The van der Waals surface area contributed by atoms with Crippen LogP contribution in [0.4, 0.5) is 0 Å². The molecule has 2 aliphatic heterocycles. The maximum absolute atomic E-state index is 6.18. The number of hydrogen-bond donors (Lipinski definition) is 1. The summed E-state index contributed by atoms with van der Waals surface area (Å²) in [5.74, 6) is 0.639. The van der Waals surface area contributed by atoms with Crippen LogP contribution in [0.15, 0.2) is 24.3 Å². The number of halogens is 1. The van der Waals surface area contributed by atoms with Gasteiger partial charge in [-0.25, -0.2) is 0 Å². The first kappa shape index (κ1) is 15.7. The highest BCUT2D eigenvalue weighted by Crippen LogP contribution is 2.41. The molecule has 0 bridgehead atoms. The molecule has 1 aromatic rings. The van der Waals surface area contributed by atoms with Crippen molar-refractivity contribution < 1.29 is 9.47 Å². The largest absolute Gasteiger partial charge is 0.381 e. The summed E-state index contributed by atoms with van der Waals surface area (Å²) in [4.78, 5) is 0. The molecule has 2 unspecified atom stereocenters. The highest BCUT2D eigenvalue weighted by atomic mass is 127. The fraction of sp³-hybridized carbons (Fsp3) is 0.647. The lowest BCUT2D eigenvalue weighted by Crippen LogP contribution is -2.46. The molecular formula is C17H24INO2. The van der Waals surface area contributed by atoms with Gasteiger partial charge >= 0.3 is 0 Å². The fourth-order valence-electron chi connectivity index (χ4n) is 3.82. The third kappa shape index (κ3) is 3.60. The van der Waals surface area contributed by atoms with Gasteiger partial charge in [-0.2, -0.15) is 0 Å². The number of ether oxygens (including phenoxy) is 2. The molecule has 0 aliphatic carbocycles. The monoisotopic (exact) mass is 401 g/mol. The lowest BCUT2D eigenvalue weighted by molar-refractivity contribution is -0.150. The summed E-state index contributed by atoms with van der Waals surface area (Å²) in [7, 11) is 2.08. The molecule has 0 saturated carbocycles. The molecule has 116 valence electrons. The molecular weight excluding hydrogens is 377 g/mol. The summed E-state index contributed by atoms with van der Waals surface area (Å²) < 4.78 is 13.0. The van der Waals surface area contributed by atoms with E-state index < -0.39 is 0 Å². The van der Waals surface area contributed by atoms with E-state index in [1.165, 1.54) is 9.13 Å². The SMILES string of the molecule is CNC(c1cccc(I)c1)C1CCOC2(CCOCC2)C1. The summed E-state index contributed by atoms with van der Waals surface area (Å²) in [6.45, 7) is 2.58. The van der Waals surface area contributed by atoms with Crippen molar-refractivity contribution >= 4 is 22.6 Å². The Morgan fingerprint density at radius 1 is 1.29 bits per heavy atom. The van der Waals surface area contributed by atoms with Crippen LogP contribution >= 0.6 is 22.6 Å². The predicted molar refractivity (Wildman–Crippen MR) is 92.4 cm³/mol. The van der Waals surface area contributed by atoms with Gasteiger partial charge in [0.25, 0.3) is 0 Å². The molecule has 21 heavy (non-hydrogen) atoms. The van der Waals surface area contributed by atoms with Crippen LogP contribution in [0.1, 0.15) is 37.3 Å². The standard InChI is InChI=1S/C17H24INO2/c1-19-16(13-3-2-4-15(18)11-13)14-5-8-21-17(12-14)6-9-20-10-7-17/h2-4,11,14,16,19H,5-10,12H2,1H3. The normalized spacial score (nSPS) is 26.7. The highest BCUT2D eigenvalue weighted by Gasteiger charge is 2.41. The lowest BCUT2D eigenvalue weighted by atomic mass is 9.76. The molecule has 1 N–H and O–H groups in total. The minimum atomic E-state index is 0.0677. The Morgan fingerprint density at radius 2 is 2.10 bits per heavy atom. The molecule has 2 heterocycles. The van der Waals surface area contributed by atoms with Gasteiger partial charge in [-0.1, -0.05) is 12.1 Å². The summed E-state index contributed by atoms with van der Waals surface area (Å²) >= 11 is 2.39. The van der Waals surface area contributed by atoms with Crippen LogP contribution in [0, 0.1) is 9.49 Å². The average molecular weight is 401 g/mol. The van der Waals surface area contributed by atoms with Gasteiger partial charge in [0.05, 0.1) is 5.60 Å². The number of hydrogen-bond acceptors (Lipinski definition) is 3. The van der Waals surface area contributed by atoms with Crippen LogP contribution in [0.5, 0.6) is 0 Å². The van der Waals surface area contributed by atoms with Gasteiger partial charge in [-0.15, -0.1) is 0 Å². The van der Waals surface area contributed by atoms with Crippen LogP contribution in [0.3, 0.4) is 0 Å². The Hall–Kier alpha value is -0.170. The first-order valence-electron chi connectivity index (χ1n) is 7.87. The summed E-state index contributed by atoms with van der Waals surface area (Å²) in [5, 5.41) is 3.55. The molecule has 1 spiro atoms. The Balaban J connectivity index is 1.77. The molecule has 3 nitrogen and oxygen atoms in total. The van der Waals surface area contributed by atoms with E-state index in [0.717, 1.165) is 45.5 Å². The van der Waals surface area contributed by atoms with E-state index in [1.54, 1.807) is 0 Å². The lowest BCUT2D eigenvalue weighted by Gasteiger charge is -2.45. The van der Waals surface area contributed by atoms with Crippen LogP contribution in [0.25, 0.3) is 0 Å². The second-order valence-corrected chi connectivity index (χ2v) is 7.46. The maximum Gasteiger partial charge on any atom is 0.0729 e. The van der Waals surface area contributed by atoms with E-state index in [-0.39, 0.29) is 5.60 Å². The van der Waals surface area contributed by atoms with Crippen molar-refractivity contribution in [1.82, 2.24) is 5.32 Å². The Labute approximate surface area is 140 Å². The van der Waals surface area contributed by atoms with E-state index in [4.69, 9.17) is 9.47 Å². The zero-order valence-electron chi connectivity index (χ0n) is 12.6. The van der Waals surface area contributed by atoms with Crippen LogP contribution < -0.4 is 5.32 Å². The van der Waals surface area contributed by atoms with Crippen molar-refractivity contribution in [3.05, 3.63) is 33.4 Å². The van der Waals surface area contributed by atoms with Crippen molar-refractivity contribution in [3.8, 4) is 0 Å². The Kier molecular flexibility index (Phi) is 5.19. The summed E-state index contributed by atoms with van der Waals surface area (Å²) in [5.41, 5.74) is 1.47. The third-order valence-corrected chi connectivity index (χ3v) is 5.60. The van der Waals surface area contributed by atoms with Gasteiger partial charge < -0.3 is 14.8 Å². The third-order valence-electron chi connectivity index (χ3n) is 4.93. The summed E-state index contributed by atoms with van der Waals surface area (Å²) in [6.07, 6.45) is 4.38. The van der Waals surface area contributed by atoms with Crippen molar-refractivity contribution in [2.75, 3.05) is 26.9 Å². The molecule has 1 aromatic carbocycles. The van der Waals surface area contributed by atoms with E-state index in [2.05, 4.69) is 59.2 Å². The molecule has 0 aromatic heterocycles. The van der Waals surface area contributed by atoms with Crippen molar-refractivity contribution in [2.45, 2.75) is 37.3 Å². The number of nitrogens with one attached hydrogen (secondary N) is 1. The van der Waals surface area contributed by atoms with Crippen LogP contribution in [-0.4, -0.2) is 32.5 Å². The minimum Gasteiger partial charge on any atom is -0.381 e. The van der Waals surface area contributed by atoms with Gasteiger partial charge in [0, 0.05) is 29.4 Å². The smallest absolute Gasteiger partial charge is 0.0729 e. The zero-order valence-corrected chi connectivity index (χ0v) is 14.8. The quantitative estimate of drug-likeness (QED) is 0.787. The average Bonchev–Trinajstić information content (AvgIpc) is 2.49. The Bertz CT molecular complexity index is 468. The van der Waals surface area contributed by atoms with Crippen molar-refractivity contribution in [2.24, 2.45) is 5.92 Å². The number of rotatable bonds is 3. The van der Waals surface area contributed by atoms with Gasteiger partial charge in [-0.05, 0) is 78.9 Å². The van der Waals surface area contributed by atoms with E-state index >= 15 is 0 Å². The van der Waals surface area contributed by atoms with Gasteiger partial charge in [0.2, 0.25) is 0 Å².